The summed E-state index contributed by atoms with van der Waals surface area (Å²) in [5, 5.41) is 3.20. The molecule has 0 unspecified atom stereocenters. The highest BCUT2D eigenvalue weighted by atomic mass is 127. The maximum absolute atomic E-state index is 4.28. The van der Waals surface area contributed by atoms with E-state index in [9.17, 15) is 0 Å². The Morgan fingerprint density at radius 3 is 3.12 bits per heavy atom. The van der Waals surface area contributed by atoms with Crippen LogP contribution in [0.3, 0.4) is 0 Å². The Kier molecular flexibility index (Phi) is 4.22. The summed E-state index contributed by atoms with van der Waals surface area (Å²) >= 11 is 5.85. The van der Waals surface area contributed by atoms with E-state index in [1.807, 2.05) is 22.9 Å². The molecule has 0 fully saturated rings. The van der Waals surface area contributed by atoms with E-state index in [1.165, 1.54) is 3.57 Å². The fraction of sp³-hybridized carbons (Fsp3) is 0.0833. The van der Waals surface area contributed by atoms with Crippen molar-refractivity contribution in [1.82, 2.24) is 9.55 Å². The first-order chi connectivity index (χ1) is 8.22. The van der Waals surface area contributed by atoms with Gasteiger partial charge < -0.3 is 5.32 Å². The third-order valence-electron chi connectivity index (χ3n) is 2.21. The van der Waals surface area contributed by atoms with Gasteiger partial charge in [0, 0.05) is 27.0 Å². The van der Waals surface area contributed by atoms with Crippen molar-refractivity contribution in [1.29, 1.82) is 0 Å². The predicted molar refractivity (Wildman–Crippen MR) is 82.7 cm³/mol. The molecule has 2 aromatic rings. The van der Waals surface area contributed by atoms with Crippen LogP contribution in [0.4, 0.5) is 5.95 Å². The molecule has 0 bridgehead atoms. The molecule has 1 heterocycles. The van der Waals surface area contributed by atoms with Crippen molar-refractivity contribution in [3.8, 4) is 5.69 Å². The highest BCUT2D eigenvalue weighted by Gasteiger charge is 2.07. The van der Waals surface area contributed by atoms with E-state index in [1.54, 1.807) is 6.20 Å². The van der Waals surface area contributed by atoms with E-state index in [0.29, 0.717) is 6.54 Å². The zero-order valence-electron chi connectivity index (χ0n) is 9.03. The van der Waals surface area contributed by atoms with Crippen molar-refractivity contribution < 1.29 is 0 Å². The molecule has 88 valence electrons. The second-order valence-corrected chi connectivity index (χ2v) is 5.49. The van der Waals surface area contributed by atoms with Crippen LogP contribution >= 0.6 is 38.5 Å². The first kappa shape index (κ1) is 12.6. The Labute approximate surface area is 122 Å². The van der Waals surface area contributed by atoms with E-state index in [4.69, 9.17) is 0 Å². The monoisotopic (exact) mass is 403 g/mol. The highest BCUT2D eigenvalue weighted by Crippen LogP contribution is 2.25. The third-order valence-corrected chi connectivity index (χ3v) is 3.55. The summed E-state index contributed by atoms with van der Waals surface area (Å²) in [7, 11) is 0. The zero-order chi connectivity index (χ0) is 12.3. The Morgan fingerprint density at radius 1 is 1.53 bits per heavy atom. The fourth-order valence-electron chi connectivity index (χ4n) is 1.46. The van der Waals surface area contributed by atoms with Crippen molar-refractivity contribution >= 4 is 44.5 Å². The molecule has 1 aromatic heterocycles. The van der Waals surface area contributed by atoms with Crippen LogP contribution in [0.15, 0.2) is 47.7 Å². The maximum atomic E-state index is 4.28. The summed E-state index contributed by atoms with van der Waals surface area (Å²) in [4.78, 5) is 4.28. The van der Waals surface area contributed by atoms with Crippen LogP contribution in [0, 0.1) is 3.57 Å². The van der Waals surface area contributed by atoms with Crippen LogP contribution in [0.25, 0.3) is 5.69 Å². The molecule has 0 atom stereocenters. The van der Waals surface area contributed by atoms with Gasteiger partial charge in [0.1, 0.15) is 0 Å². The van der Waals surface area contributed by atoms with E-state index in [-0.39, 0.29) is 0 Å². The number of benzene rings is 1. The first-order valence-corrected chi connectivity index (χ1v) is 6.93. The van der Waals surface area contributed by atoms with Crippen LogP contribution in [-0.2, 0) is 0 Å². The van der Waals surface area contributed by atoms with Gasteiger partial charge in [-0.1, -0.05) is 6.08 Å². The molecule has 0 saturated carbocycles. The molecular formula is C12H11BrIN3. The predicted octanol–water partition coefficient (Wildman–Crippen LogP) is 3.84. The highest BCUT2D eigenvalue weighted by molar-refractivity contribution is 14.1. The van der Waals surface area contributed by atoms with E-state index >= 15 is 0 Å². The van der Waals surface area contributed by atoms with Gasteiger partial charge in [-0.05, 0) is 56.7 Å². The molecule has 0 aliphatic rings. The van der Waals surface area contributed by atoms with Crippen LogP contribution in [0.2, 0.25) is 0 Å². The minimum atomic E-state index is 0.693. The van der Waals surface area contributed by atoms with Gasteiger partial charge in [-0.3, -0.25) is 4.57 Å². The molecule has 3 nitrogen and oxygen atoms in total. The normalized spacial score (nSPS) is 10.2. The smallest absolute Gasteiger partial charge is 0.207 e. The first-order valence-electron chi connectivity index (χ1n) is 5.06. The summed E-state index contributed by atoms with van der Waals surface area (Å²) in [6.07, 6.45) is 5.52. The van der Waals surface area contributed by atoms with Gasteiger partial charge in [0.2, 0.25) is 5.95 Å². The summed E-state index contributed by atoms with van der Waals surface area (Å²) in [6, 6.07) is 6.20. The number of hydrogen-bond acceptors (Lipinski definition) is 2. The topological polar surface area (TPSA) is 29.9 Å². The lowest BCUT2D eigenvalue weighted by Crippen LogP contribution is -2.06. The van der Waals surface area contributed by atoms with E-state index in [2.05, 4.69) is 67.5 Å². The molecule has 0 aliphatic heterocycles. The van der Waals surface area contributed by atoms with Gasteiger partial charge in [-0.15, -0.1) is 6.58 Å². The summed E-state index contributed by atoms with van der Waals surface area (Å²) in [5.41, 5.74) is 1.07. The average Bonchev–Trinajstić information content (AvgIpc) is 2.77. The van der Waals surface area contributed by atoms with Gasteiger partial charge >= 0.3 is 0 Å². The lowest BCUT2D eigenvalue weighted by molar-refractivity contribution is 1.03. The average molecular weight is 404 g/mol. The van der Waals surface area contributed by atoms with Gasteiger partial charge in [0.25, 0.3) is 0 Å². The van der Waals surface area contributed by atoms with Crippen molar-refractivity contribution in [3.05, 3.63) is 51.3 Å². The number of rotatable bonds is 4. The lowest BCUT2D eigenvalue weighted by atomic mass is 10.3. The number of nitrogens with zero attached hydrogens (tertiary/aromatic N) is 2. The van der Waals surface area contributed by atoms with Gasteiger partial charge in [-0.25, -0.2) is 4.98 Å². The molecule has 0 radical (unpaired) electrons. The second-order valence-electron chi connectivity index (χ2n) is 3.39. The minimum absolute atomic E-state index is 0.693. The van der Waals surface area contributed by atoms with Crippen LogP contribution in [-0.4, -0.2) is 16.1 Å². The zero-order valence-corrected chi connectivity index (χ0v) is 12.8. The van der Waals surface area contributed by atoms with Gasteiger partial charge in [0.05, 0.1) is 5.69 Å². The van der Waals surface area contributed by atoms with Crippen LogP contribution < -0.4 is 5.32 Å². The SMILES string of the molecule is C=CCNc1nccn1-c1cc(I)ccc1Br. The molecule has 5 heteroatoms. The van der Waals surface area contributed by atoms with Crippen molar-refractivity contribution in [3.63, 3.8) is 0 Å². The number of imidazole rings is 1. The molecule has 0 saturated heterocycles. The molecule has 2 rings (SSSR count). The molecule has 1 aromatic carbocycles. The van der Waals surface area contributed by atoms with Crippen molar-refractivity contribution in [2.45, 2.75) is 0 Å². The number of anilines is 1. The van der Waals surface area contributed by atoms with Crippen LogP contribution in [0.1, 0.15) is 0 Å². The number of nitrogens with one attached hydrogen (secondary N) is 1. The number of halogens is 2. The Hall–Kier alpha value is -0.820. The Bertz CT molecular complexity index is 536. The maximum Gasteiger partial charge on any atom is 0.207 e. The van der Waals surface area contributed by atoms with Gasteiger partial charge in [-0.2, -0.15) is 0 Å². The largest absolute Gasteiger partial charge is 0.352 e. The van der Waals surface area contributed by atoms with Crippen molar-refractivity contribution in [2.24, 2.45) is 0 Å². The quantitative estimate of drug-likeness (QED) is 0.620. The van der Waals surface area contributed by atoms with E-state index in [0.717, 1.165) is 16.1 Å². The number of aromatic nitrogens is 2. The number of hydrogen-bond donors (Lipinski definition) is 1. The standard InChI is InChI=1S/C12H11BrIN3/c1-2-5-15-12-16-6-7-17(12)11-8-9(14)3-4-10(11)13/h2-4,6-8H,1,5H2,(H,15,16). The summed E-state index contributed by atoms with van der Waals surface area (Å²) in [5.74, 6) is 0.813. The lowest BCUT2D eigenvalue weighted by Gasteiger charge is -2.10. The van der Waals surface area contributed by atoms with Crippen molar-refractivity contribution in [2.75, 3.05) is 11.9 Å². The van der Waals surface area contributed by atoms with Gasteiger partial charge in [0.15, 0.2) is 0 Å². The fourth-order valence-corrected chi connectivity index (χ4v) is 2.37. The molecule has 1 N–H and O–H groups in total. The molecular weight excluding hydrogens is 393 g/mol. The summed E-state index contributed by atoms with van der Waals surface area (Å²) < 4.78 is 4.23. The molecule has 17 heavy (non-hydrogen) atoms. The second kappa shape index (κ2) is 5.68. The van der Waals surface area contributed by atoms with Crippen LogP contribution in [0.5, 0.6) is 0 Å². The third kappa shape index (κ3) is 2.90. The Morgan fingerprint density at radius 2 is 2.35 bits per heavy atom. The Balaban J connectivity index is 2.42. The molecule has 0 aliphatic carbocycles. The summed E-state index contributed by atoms with van der Waals surface area (Å²) in [6.45, 7) is 4.38. The molecule has 0 amide bonds. The molecule has 0 spiro atoms. The van der Waals surface area contributed by atoms with E-state index < -0.39 is 0 Å². The minimum Gasteiger partial charge on any atom is -0.352 e.